The van der Waals surface area contributed by atoms with Crippen LogP contribution in [0.25, 0.3) is 5.69 Å². The molecule has 2 heterocycles. The van der Waals surface area contributed by atoms with E-state index in [1.54, 1.807) is 17.0 Å². The minimum absolute atomic E-state index is 0.118. The number of piperidine rings is 1. The number of benzene rings is 1. The van der Waals surface area contributed by atoms with E-state index in [-0.39, 0.29) is 29.8 Å². The Labute approximate surface area is 144 Å². The third-order valence-corrected chi connectivity index (χ3v) is 4.38. The summed E-state index contributed by atoms with van der Waals surface area (Å²) in [5.74, 6) is -1.18. The summed E-state index contributed by atoms with van der Waals surface area (Å²) in [6.45, 7) is 1.17. The van der Waals surface area contributed by atoms with Gasteiger partial charge in [0.25, 0.3) is 5.91 Å². The molecule has 1 aliphatic heterocycles. The molecule has 1 atom stereocenters. The number of halogens is 1. The van der Waals surface area contributed by atoms with Gasteiger partial charge in [0.15, 0.2) is 5.69 Å². The first-order valence-corrected chi connectivity index (χ1v) is 8.22. The van der Waals surface area contributed by atoms with E-state index in [0.717, 1.165) is 12.8 Å². The molecule has 0 radical (unpaired) electrons. The molecule has 1 amide bonds. The van der Waals surface area contributed by atoms with Gasteiger partial charge >= 0.3 is 5.97 Å². The number of amides is 1. The van der Waals surface area contributed by atoms with Gasteiger partial charge < -0.3 is 10.0 Å². The maximum Gasteiger partial charge on any atom is 0.303 e. The lowest BCUT2D eigenvalue weighted by molar-refractivity contribution is -0.137. The van der Waals surface area contributed by atoms with Crippen LogP contribution in [0.3, 0.4) is 0 Å². The molecule has 0 spiro atoms. The minimum Gasteiger partial charge on any atom is -0.481 e. The molecule has 1 saturated heterocycles. The van der Waals surface area contributed by atoms with Crippen molar-refractivity contribution in [3.05, 3.63) is 42.0 Å². The van der Waals surface area contributed by atoms with Crippen LogP contribution in [0, 0.1) is 11.7 Å². The third-order valence-electron chi connectivity index (χ3n) is 4.38. The summed E-state index contributed by atoms with van der Waals surface area (Å²) < 4.78 is 14.4. The van der Waals surface area contributed by atoms with Crippen LogP contribution >= 0.6 is 0 Å². The molecule has 3 rings (SSSR count). The first-order chi connectivity index (χ1) is 12.0. The van der Waals surface area contributed by atoms with E-state index in [1.807, 2.05) is 0 Å². The average molecular weight is 346 g/mol. The summed E-state index contributed by atoms with van der Waals surface area (Å²) in [6.07, 6.45) is 3.99. The number of carbonyl (C=O) groups excluding carboxylic acids is 1. The van der Waals surface area contributed by atoms with Gasteiger partial charge in [-0.25, -0.2) is 9.07 Å². The fourth-order valence-electron chi connectivity index (χ4n) is 3.06. The number of rotatable bonds is 5. The van der Waals surface area contributed by atoms with Gasteiger partial charge in [-0.05, 0) is 49.4 Å². The van der Waals surface area contributed by atoms with Crippen molar-refractivity contribution in [2.24, 2.45) is 5.92 Å². The molecule has 0 unspecified atom stereocenters. The first-order valence-electron chi connectivity index (χ1n) is 8.22. The predicted molar refractivity (Wildman–Crippen MR) is 86.8 cm³/mol. The zero-order valence-electron chi connectivity index (χ0n) is 13.6. The zero-order valence-corrected chi connectivity index (χ0v) is 13.6. The molecule has 1 aromatic carbocycles. The van der Waals surface area contributed by atoms with Crippen molar-refractivity contribution in [2.75, 3.05) is 13.1 Å². The Morgan fingerprint density at radius 2 is 2.04 bits per heavy atom. The number of carboxylic acid groups (broad SMARTS) is 1. The summed E-state index contributed by atoms with van der Waals surface area (Å²) in [7, 11) is 0. The number of carboxylic acids is 1. The van der Waals surface area contributed by atoms with Gasteiger partial charge in [0.1, 0.15) is 5.82 Å². The summed E-state index contributed by atoms with van der Waals surface area (Å²) in [4.78, 5) is 25.0. The molecule has 1 aliphatic rings. The van der Waals surface area contributed by atoms with Gasteiger partial charge in [-0.2, -0.15) is 0 Å². The van der Waals surface area contributed by atoms with E-state index in [2.05, 4.69) is 10.3 Å². The summed E-state index contributed by atoms with van der Waals surface area (Å²) >= 11 is 0. The number of hydrogen-bond donors (Lipinski definition) is 1. The van der Waals surface area contributed by atoms with Gasteiger partial charge in [0, 0.05) is 19.5 Å². The van der Waals surface area contributed by atoms with Gasteiger partial charge in [-0.15, -0.1) is 5.10 Å². The molecular weight excluding hydrogens is 327 g/mol. The lowest BCUT2D eigenvalue weighted by Crippen LogP contribution is -2.40. The van der Waals surface area contributed by atoms with Crippen LogP contribution in [-0.2, 0) is 4.79 Å². The quantitative estimate of drug-likeness (QED) is 0.896. The standard InChI is InChI=1S/C17H19FN4O3/c18-13-4-6-14(7-5-13)22-11-15(19-20-22)17(25)21-9-1-2-12(10-21)3-8-16(23)24/h4-7,11-12H,1-3,8-10H2,(H,23,24)/t12-/m0/s1. The number of carbonyl (C=O) groups is 2. The van der Waals surface area contributed by atoms with E-state index in [1.165, 1.54) is 23.0 Å². The Morgan fingerprint density at radius 3 is 2.76 bits per heavy atom. The van der Waals surface area contributed by atoms with Crippen LogP contribution in [0.15, 0.2) is 30.5 Å². The summed E-state index contributed by atoms with van der Waals surface area (Å²) in [5.41, 5.74) is 0.842. The lowest BCUT2D eigenvalue weighted by Gasteiger charge is -2.32. The lowest BCUT2D eigenvalue weighted by atomic mass is 9.93. The van der Waals surface area contributed by atoms with Crippen LogP contribution < -0.4 is 0 Å². The predicted octanol–water partition coefficient (Wildman–Crippen LogP) is 2.12. The normalized spacial score (nSPS) is 17.5. The van der Waals surface area contributed by atoms with Gasteiger partial charge in [0.05, 0.1) is 11.9 Å². The summed E-state index contributed by atoms with van der Waals surface area (Å²) in [5, 5.41) is 16.7. The largest absolute Gasteiger partial charge is 0.481 e. The number of aromatic nitrogens is 3. The highest BCUT2D eigenvalue weighted by Crippen LogP contribution is 2.22. The highest BCUT2D eigenvalue weighted by molar-refractivity contribution is 5.92. The molecule has 0 saturated carbocycles. The fraction of sp³-hybridized carbons (Fsp3) is 0.412. The molecule has 0 bridgehead atoms. The Hall–Kier alpha value is -2.77. The molecule has 7 nitrogen and oxygen atoms in total. The van der Waals surface area contributed by atoms with Crippen molar-refractivity contribution in [2.45, 2.75) is 25.7 Å². The molecule has 0 aliphatic carbocycles. The number of aliphatic carboxylic acids is 1. The molecule has 2 aromatic rings. The van der Waals surface area contributed by atoms with Gasteiger partial charge in [0.2, 0.25) is 0 Å². The molecule has 25 heavy (non-hydrogen) atoms. The van der Waals surface area contributed by atoms with E-state index in [9.17, 15) is 14.0 Å². The molecular formula is C17H19FN4O3. The highest BCUT2D eigenvalue weighted by atomic mass is 19.1. The number of hydrogen-bond acceptors (Lipinski definition) is 4. The maximum atomic E-state index is 13.0. The van der Waals surface area contributed by atoms with Gasteiger partial charge in [-0.3, -0.25) is 9.59 Å². The average Bonchev–Trinajstić information content (AvgIpc) is 3.10. The summed E-state index contributed by atoms with van der Waals surface area (Å²) in [6, 6.07) is 5.74. The van der Waals surface area contributed by atoms with Crippen molar-refractivity contribution < 1.29 is 19.1 Å². The second kappa shape index (κ2) is 7.42. The Kier molecular flexibility index (Phi) is 5.06. The topological polar surface area (TPSA) is 88.3 Å². The van der Waals surface area contributed by atoms with Crippen LogP contribution in [0.4, 0.5) is 4.39 Å². The highest BCUT2D eigenvalue weighted by Gasteiger charge is 2.26. The zero-order chi connectivity index (χ0) is 17.8. The smallest absolute Gasteiger partial charge is 0.303 e. The fourth-order valence-corrected chi connectivity index (χ4v) is 3.06. The van der Waals surface area contributed by atoms with E-state index >= 15 is 0 Å². The Balaban J connectivity index is 1.66. The second-order valence-electron chi connectivity index (χ2n) is 6.22. The van der Waals surface area contributed by atoms with Crippen molar-refractivity contribution in [1.29, 1.82) is 0 Å². The number of likely N-dealkylation sites (tertiary alicyclic amines) is 1. The van der Waals surface area contributed by atoms with E-state index in [4.69, 9.17) is 5.11 Å². The second-order valence-corrected chi connectivity index (χ2v) is 6.22. The van der Waals surface area contributed by atoms with Crippen molar-refractivity contribution in [1.82, 2.24) is 19.9 Å². The molecule has 1 N–H and O–H groups in total. The molecule has 1 fully saturated rings. The van der Waals surface area contributed by atoms with Crippen LogP contribution in [0.5, 0.6) is 0 Å². The van der Waals surface area contributed by atoms with Crippen LogP contribution in [0.1, 0.15) is 36.2 Å². The molecule has 8 heteroatoms. The van der Waals surface area contributed by atoms with Crippen LogP contribution in [-0.4, -0.2) is 50.0 Å². The number of nitrogens with zero attached hydrogens (tertiary/aromatic N) is 4. The van der Waals surface area contributed by atoms with E-state index in [0.29, 0.717) is 25.2 Å². The Morgan fingerprint density at radius 1 is 1.28 bits per heavy atom. The van der Waals surface area contributed by atoms with Crippen LogP contribution in [0.2, 0.25) is 0 Å². The maximum absolute atomic E-state index is 13.0. The van der Waals surface area contributed by atoms with Crippen molar-refractivity contribution >= 4 is 11.9 Å². The minimum atomic E-state index is -0.814. The SMILES string of the molecule is O=C(O)CC[C@@H]1CCCN(C(=O)c2cn(-c3ccc(F)cc3)nn2)C1. The van der Waals surface area contributed by atoms with Gasteiger partial charge in [-0.1, -0.05) is 5.21 Å². The van der Waals surface area contributed by atoms with Crippen molar-refractivity contribution in [3.63, 3.8) is 0 Å². The first kappa shape index (κ1) is 17.1. The monoisotopic (exact) mass is 346 g/mol. The molecule has 1 aromatic heterocycles. The Bertz CT molecular complexity index is 760. The molecule has 132 valence electrons. The van der Waals surface area contributed by atoms with E-state index < -0.39 is 5.97 Å². The third kappa shape index (κ3) is 4.20. The van der Waals surface area contributed by atoms with Crippen molar-refractivity contribution in [3.8, 4) is 5.69 Å².